The molecule has 0 saturated carbocycles. The number of hydrogen-bond donors (Lipinski definition) is 2. The largest absolute Gasteiger partial charge is 2.00 e. The molecule has 0 aliphatic heterocycles. The van der Waals surface area contributed by atoms with Crippen molar-refractivity contribution in [3.63, 3.8) is 0 Å². The van der Waals surface area contributed by atoms with Gasteiger partial charge in [-0.1, -0.05) is 0 Å². The first-order valence-corrected chi connectivity index (χ1v) is 7.22. The van der Waals surface area contributed by atoms with E-state index in [1.165, 1.54) is 48.5 Å². The summed E-state index contributed by atoms with van der Waals surface area (Å²) in [6.07, 6.45) is 0. The summed E-state index contributed by atoms with van der Waals surface area (Å²) in [5.41, 5.74) is -0.0367. The van der Waals surface area contributed by atoms with E-state index in [4.69, 9.17) is 10.2 Å². The van der Waals surface area contributed by atoms with Crippen molar-refractivity contribution in [1.29, 1.82) is 0 Å². The first-order chi connectivity index (χ1) is 9.82. The molecule has 6 nitrogen and oxygen atoms in total. The van der Waals surface area contributed by atoms with Crippen LogP contribution in [0.25, 0.3) is 0 Å². The Labute approximate surface area is 169 Å². The first kappa shape index (κ1) is 18.9. The van der Waals surface area contributed by atoms with Crippen molar-refractivity contribution >= 4 is 70.7 Å². The maximum absolute atomic E-state index is 12.3. The number of sulfone groups is 1. The fraction of sp³-hybridized carbons (Fsp3) is 0. The molecule has 2 aromatic rings. The van der Waals surface area contributed by atoms with Crippen LogP contribution in [0.2, 0.25) is 0 Å². The summed E-state index contributed by atoms with van der Waals surface area (Å²) < 4.78 is 24.6. The number of carbonyl (C=O) groups is 2. The second-order valence-corrected chi connectivity index (χ2v) is 6.11. The Morgan fingerprint density at radius 3 is 1.23 bits per heavy atom. The van der Waals surface area contributed by atoms with Gasteiger partial charge in [-0.25, -0.2) is 18.0 Å². The Hall–Kier alpha value is -1.10. The van der Waals surface area contributed by atoms with Gasteiger partial charge in [0.15, 0.2) is 0 Å². The zero-order valence-corrected chi connectivity index (χ0v) is 16.5. The van der Waals surface area contributed by atoms with Crippen LogP contribution in [-0.2, 0) is 9.84 Å². The summed E-state index contributed by atoms with van der Waals surface area (Å²) in [6, 6.07) is 9.57. The molecule has 0 saturated heterocycles. The van der Waals surface area contributed by atoms with Crippen LogP contribution in [0.15, 0.2) is 58.3 Å². The van der Waals surface area contributed by atoms with E-state index in [-0.39, 0.29) is 72.7 Å². The molecular weight excluding hydrogens is 434 g/mol. The number of aromatic carboxylic acids is 2. The van der Waals surface area contributed by atoms with Crippen LogP contribution in [0.1, 0.15) is 23.6 Å². The molecular formula is C14H12BaO6S. The molecule has 22 heavy (non-hydrogen) atoms. The van der Waals surface area contributed by atoms with E-state index in [1.54, 1.807) is 0 Å². The van der Waals surface area contributed by atoms with Crippen LogP contribution >= 0.6 is 0 Å². The molecule has 8 heteroatoms. The zero-order chi connectivity index (χ0) is 15.6. The summed E-state index contributed by atoms with van der Waals surface area (Å²) >= 11 is 0. The van der Waals surface area contributed by atoms with E-state index >= 15 is 0 Å². The number of carboxylic acids is 2. The molecule has 0 radical (unpaired) electrons. The van der Waals surface area contributed by atoms with Gasteiger partial charge in [0.1, 0.15) is 0 Å². The summed E-state index contributed by atoms with van der Waals surface area (Å²) in [7, 11) is -3.81. The molecule has 0 unspecified atom stereocenters. The number of rotatable bonds is 4. The number of benzene rings is 2. The van der Waals surface area contributed by atoms with E-state index in [0.717, 1.165) is 0 Å². The molecule has 0 heterocycles. The van der Waals surface area contributed by atoms with Gasteiger partial charge in [0.25, 0.3) is 0 Å². The maximum Gasteiger partial charge on any atom is 2.00 e. The third kappa shape index (κ3) is 4.00. The second kappa shape index (κ2) is 7.45. The molecule has 0 amide bonds. The molecule has 0 spiro atoms. The summed E-state index contributed by atoms with van der Waals surface area (Å²) in [4.78, 5) is 21.3. The molecule has 2 rings (SSSR count). The predicted octanol–water partition coefficient (Wildman–Crippen LogP) is 1.76. The monoisotopic (exact) mass is 446 g/mol. The van der Waals surface area contributed by atoms with Crippen molar-refractivity contribution in [3.05, 3.63) is 59.7 Å². The fourth-order valence-corrected chi connectivity index (χ4v) is 2.95. The normalized spacial score (nSPS) is 10.5. The molecule has 0 aliphatic rings. The van der Waals surface area contributed by atoms with Crippen LogP contribution in [0.4, 0.5) is 0 Å². The molecule has 0 fully saturated rings. The van der Waals surface area contributed by atoms with Crippen LogP contribution in [-0.4, -0.2) is 79.5 Å². The zero-order valence-electron chi connectivity index (χ0n) is 13.3. The van der Waals surface area contributed by atoms with Crippen molar-refractivity contribution in [3.8, 4) is 0 Å². The second-order valence-electron chi connectivity index (χ2n) is 4.16. The van der Waals surface area contributed by atoms with Crippen LogP contribution in [0.3, 0.4) is 0 Å². The van der Waals surface area contributed by atoms with Crippen molar-refractivity contribution in [2.24, 2.45) is 0 Å². The fourth-order valence-electron chi connectivity index (χ4n) is 1.69. The third-order valence-electron chi connectivity index (χ3n) is 2.82. The maximum atomic E-state index is 12.3. The number of carboxylic acid groups (broad SMARTS) is 2. The Balaban J connectivity index is 0. The van der Waals surface area contributed by atoms with Gasteiger partial charge in [-0.15, -0.1) is 0 Å². The van der Waals surface area contributed by atoms with Gasteiger partial charge >= 0.3 is 60.8 Å². The quantitative estimate of drug-likeness (QED) is 0.694. The summed E-state index contributed by atoms with van der Waals surface area (Å²) in [6.45, 7) is 0. The van der Waals surface area contributed by atoms with E-state index in [9.17, 15) is 18.0 Å². The van der Waals surface area contributed by atoms with Crippen LogP contribution in [0.5, 0.6) is 0 Å². The van der Waals surface area contributed by atoms with Gasteiger partial charge in [-0.05, 0) is 48.5 Å². The Kier molecular flexibility index (Phi) is 6.41. The molecule has 112 valence electrons. The minimum atomic E-state index is -3.81. The Morgan fingerprint density at radius 2 is 1.00 bits per heavy atom. The minimum absolute atomic E-state index is 0. The van der Waals surface area contributed by atoms with Gasteiger partial charge in [-0.2, -0.15) is 0 Å². The SMILES string of the molecule is O=C(O)c1ccc(S(=O)(=O)c2ccc(C(=O)O)cc2)cc1.[Ba+2].[H-].[H-]. The number of hydrogen-bond acceptors (Lipinski definition) is 4. The first-order valence-electron chi connectivity index (χ1n) is 5.74. The summed E-state index contributed by atoms with van der Waals surface area (Å²) in [5, 5.41) is 17.5. The van der Waals surface area contributed by atoms with Crippen LogP contribution in [0, 0.1) is 0 Å². The van der Waals surface area contributed by atoms with E-state index in [2.05, 4.69) is 0 Å². The molecule has 2 aromatic carbocycles. The molecule has 0 atom stereocenters. The summed E-state index contributed by atoms with van der Waals surface area (Å²) in [5.74, 6) is -2.30. The van der Waals surface area contributed by atoms with Crippen molar-refractivity contribution < 1.29 is 31.1 Å². The van der Waals surface area contributed by atoms with Crippen molar-refractivity contribution in [1.82, 2.24) is 0 Å². The van der Waals surface area contributed by atoms with Gasteiger partial charge < -0.3 is 13.1 Å². The average Bonchev–Trinajstić information content (AvgIpc) is 2.47. The van der Waals surface area contributed by atoms with Gasteiger partial charge in [0.2, 0.25) is 9.84 Å². The van der Waals surface area contributed by atoms with E-state index in [0.29, 0.717) is 0 Å². The predicted molar refractivity (Wildman–Crippen MR) is 80.2 cm³/mol. The standard InChI is InChI=1S/C14H10O6S.Ba.2H/c15-13(16)9-1-5-11(6-2-9)21(19,20)12-7-3-10(4-8-12)14(17)18;;;/h1-8H,(H,15,16)(H,17,18);;;/q;+2;2*-1. The molecule has 0 aromatic heterocycles. The van der Waals surface area contributed by atoms with Crippen molar-refractivity contribution in [2.45, 2.75) is 9.79 Å². The molecule has 0 bridgehead atoms. The molecule has 0 aliphatic carbocycles. The minimum Gasteiger partial charge on any atom is -1.00 e. The molecule has 2 N–H and O–H groups in total. The average molecular weight is 446 g/mol. The van der Waals surface area contributed by atoms with Gasteiger partial charge in [0.05, 0.1) is 20.9 Å². The Bertz CT molecular complexity index is 741. The smallest absolute Gasteiger partial charge is 1.00 e. The topological polar surface area (TPSA) is 109 Å². The van der Waals surface area contributed by atoms with Crippen LogP contribution < -0.4 is 0 Å². The van der Waals surface area contributed by atoms with Gasteiger partial charge in [0, 0.05) is 0 Å². The van der Waals surface area contributed by atoms with E-state index < -0.39 is 21.8 Å². The van der Waals surface area contributed by atoms with E-state index in [1.807, 2.05) is 0 Å². The third-order valence-corrected chi connectivity index (χ3v) is 4.61. The van der Waals surface area contributed by atoms with Gasteiger partial charge in [-0.3, -0.25) is 0 Å². The van der Waals surface area contributed by atoms with Crippen molar-refractivity contribution in [2.75, 3.05) is 0 Å². The Morgan fingerprint density at radius 1 is 0.727 bits per heavy atom.